The highest BCUT2D eigenvalue weighted by molar-refractivity contribution is 6.42. The Hall–Kier alpha value is -1.98. The fourth-order valence-corrected chi connectivity index (χ4v) is 3.28. The van der Waals surface area contributed by atoms with E-state index in [1.165, 1.54) is 6.20 Å². The van der Waals surface area contributed by atoms with E-state index in [-0.39, 0.29) is 12.4 Å². The summed E-state index contributed by atoms with van der Waals surface area (Å²) >= 11 is 12.6. The lowest BCUT2D eigenvalue weighted by Crippen LogP contribution is -2.30. The van der Waals surface area contributed by atoms with Crippen LogP contribution in [-0.2, 0) is 9.53 Å². The van der Waals surface area contributed by atoms with Crippen LogP contribution in [-0.4, -0.2) is 18.4 Å². The molecule has 134 valence electrons. The van der Waals surface area contributed by atoms with Gasteiger partial charge in [0.1, 0.15) is 5.84 Å². The van der Waals surface area contributed by atoms with E-state index in [1.807, 2.05) is 6.92 Å². The molecule has 1 aliphatic heterocycles. The highest BCUT2D eigenvalue weighted by atomic mass is 35.5. The van der Waals surface area contributed by atoms with Crippen molar-refractivity contribution in [1.29, 1.82) is 0 Å². The van der Waals surface area contributed by atoms with E-state index in [0.717, 1.165) is 6.42 Å². The summed E-state index contributed by atoms with van der Waals surface area (Å²) in [5.41, 5.74) is 14.0. The molecule has 0 aliphatic carbocycles. The minimum atomic E-state index is -0.575. The molecule has 0 spiro atoms. The lowest BCUT2D eigenvalue weighted by atomic mass is 9.80. The summed E-state index contributed by atoms with van der Waals surface area (Å²) in [7, 11) is 0. The Morgan fingerprint density at radius 2 is 2.08 bits per heavy atom. The van der Waals surface area contributed by atoms with Crippen LogP contribution in [0.1, 0.15) is 38.2 Å². The average Bonchev–Trinajstić information content (AvgIpc) is 2.57. The maximum Gasteiger partial charge on any atom is 0.336 e. The number of hydrogen-bond donors (Lipinski definition) is 2. The van der Waals surface area contributed by atoms with Crippen LogP contribution in [0.15, 0.2) is 46.2 Å². The van der Waals surface area contributed by atoms with Gasteiger partial charge >= 0.3 is 5.97 Å². The minimum Gasteiger partial charge on any atom is -0.463 e. The molecule has 1 aromatic rings. The summed E-state index contributed by atoms with van der Waals surface area (Å²) in [6, 6.07) is 5.24. The molecular formula is C18H21Cl2N3O2. The smallest absolute Gasteiger partial charge is 0.336 e. The molecule has 7 heteroatoms. The van der Waals surface area contributed by atoms with Gasteiger partial charge in [-0.25, -0.2) is 9.79 Å². The van der Waals surface area contributed by atoms with Crippen molar-refractivity contribution < 1.29 is 9.53 Å². The van der Waals surface area contributed by atoms with Crippen molar-refractivity contribution in [1.82, 2.24) is 0 Å². The lowest BCUT2D eigenvalue weighted by molar-refractivity contribution is -0.138. The second-order valence-electron chi connectivity index (χ2n) is 5.53. The van der Waals surface area contributed by atoms with Crippen molar-refractivity contribution in [3.8, 4) is 0 Å². The highest BCUT2D eigenvalue weighted by Crippen LogP contribution is 2.43. The Balaban J connectivity index is 2.75. The maximum atomic E-state index is 12.7. The molecule has 0 radical (unpaired) electrons. The van der Waals surface area contributed by atoms with E-state index >= 15 is 0 Å². The zero-order valence-corrected chi connectivity index (χ0v) is 15.7. The molecule has 1 atom stereocenters. The number of carbonyl (C=O) groups excluding carboxylic acids is 1. The van der Waals surface area contributed by atoms with Gasteiger partial charge < -0.3 is 16.2 Å². The molecule has 1 unspecified atom stereocenters. The largest absolute Gasteiger partial charge is 0.463 e. The van der Waals surface area contributed by atoms with Crippen LogP contribution in [0.5, 0.6) is 0 Å². The number of halogens is 2. The molecule has 25 heavy (non-hydrogen) atoms. The Bertz CT molecular complexity index is 770. The quantitative estimate of drug-likeness (QED) is 0.756. The average molecular weight is 382 g/mol. The van der Waals surface area contributed by atoms with Crippen LogP contribution in [0, 0.1) is 0 Å². The number of esters is 1. The predicted molar refractivity (Wildman–Crippen MR) is 102 cm³/mol. The van der Waals surface area contributed by atoms with Crippen molar-refractivity contribution in [2.75, 3.05) is 6.61 Å². The van der Waals surface area contributed by atoms with Crippen LogP contribution >= 0.6 is 23.2 Å². The number of hydrogen-bond acceptors (Lipinski definition) is 5. The van der Waals surface area contributed by atoms with Gasteiger partial charge in [0.05, 0.1) is 27.9 Å². The third kappa shape index (κ3) is 3.83. The fourth-order valence-electron chi connectivity index (χ4n) is 2.86. The fraction of sp³-hybridized carbons (Fsp3) is 0.333. The summed E-state index contributed by atoms with van der Waals surface area (Å²) in [5, 5.41) is 0.734. The van der Waals surface area contributed by atoms with Gasteiger partial charge in [-0.3, -0.25) is 0 Å². The van der Waals surface area contributed by atoms with Crippen LogP contribution in [0.2, 0.25) is 10.0 Å². The van der Waals surface area contributed by atoms with Gasteiger partial charge in [-0.1, -0.05) is 48.7 Å². The van der Waals surface area contributed by atoms with Crippen molar-refractivity contribution >= 4 is 35.0 Å². The number of amidine groups is 1. The van der Waals surface area contributed by atoms with Gasteiger partial charge in [0.2, 0.25) is 0 Å². The van der Waals surface area contributed by atoms with E-state index in [0.29, 0.717) is 38.9 Å². The second kappa shape index (κ2) is 8.41. The summed E-state index contributed by atoms with van der Waals surface area (Å²) in [6.07, 6.45) is 2.73. The minimum absolute atomic E-state index is 0.249. The molecule has 2 rings (SSSR count). The van der Waals surface area contributed by atoms with Gasteiger partial charge in [-0.2, -0.15) is 0 Å². The first kappa shape index (κ1) is 19.3. The molecule has 5 nitrogen and oxygen atoms in total. The summed E-state index contributed by atoms with van der Waals surface area (Å²) in [4.78, 5) is 17.1. The topological polar surface area (TPSA) is 90.7 Å². The van der Waals surface area contributed by atoms with E-state index in [1.54, 1.807) is 25.1 Å². The molecule has 4 N–H and O–H groups in total. The van der Waals surface area contributed by atoms with Gasteiger partial charge in [0.25, 0.3) is 0 Å². The van der Waals surface area contributed by atoms with E-state index in [2.05, 4.69) is 4.99 Å². The number of nitrogens with zero attached hydrogens (tertiary/aromatic N) is 1. The summed E-state index contributed by atoms with van der Waals surface area (Å²) < 4.78 is 5.26. The van der Waals surface area contributed by atoms with Crippen molar-refractivity contribution in [2.24, 2.45) is 16.5 Å². The Morgan fingerprint density at radius 3 is 2.68 bits per heavy atom. The van der Waals surface area contributed by atoms with Crippen LogP contribution < -0.4 is 11.5 Å². The number of rotatable bonds is 5. The van der Waals surface area contributed by atoms with Crippen LogP contribution in [0.25, 0.3) is 0 Å². The van der Waals surface area contributed by atoms with E-state index in [4.69, 9.17) is 39.4 Å². The molecule has 1 aliphatic rings. The van der Waals surface area contributed by atoms with Crippen molar-refractivity contribution in [2.45, 2.75) is 32.6 Å². The molecule has 0 amide bonds. The van der Waals surface area contributed by atoms with Gasteiger partial charge in [0, 0.05) is 17.7 Å². The predicted octanol–water partition coefficient (Wildman–Crippen LogP) is 3.91. The molecule has 0 bridgehead atoms. The van der Waals surface area contributed by atoms with Gasteiger partial charge in [-0.15, -0.1) is 0 Å². The van der Waals surface area contributed by atoms with E-state index in [9.17, 15) is 4.79 Å². The molecule has 1 heterocycles. The summed E-state index contributed by atoms with van der Waals surface area (Å²) in [5.74, 6) is -0.767. The lowest BCUT2D eigenvalue weighted by Gasteiger charge is -2.28. The summed E-state index contributed by atoms with van der Waals surface area (Å²) in [6.45, 7) is 4.00. The first-order valence-electron chi connectivity index (χ1n) is 8.06. The van der Waals surface area contributed by atoms with Gasteiger partial charge in [-0.05, 0) is 25.0 Å². The van der Waals surface area contributed by atoms with E-state index < -0.39 is 11.9 Å². The number of aliphatic imine (C=N–C) groups is 1. The van der Waals surface area contributed by atoms with Crippen molar-refractivity contribution in [3.05, 3.63) is 56.9 Å². The molecule has 0 aromatic heterocycles. The number of benzene rings is 1. The number of ether oxygens (including phenoxy) is 1. The zero-order chi connectivity index (χ0) is 18.6. The first-order chi connectivity index (χ1) is 12.0. The Morgan fingerprint density at radius 1 is 1.36 bits per heavy atom. The molecule has 0 fully saturated rings. The van der Waals surface area contributed by atoms with Gasteiger partial charge in [0.15, 0.2) is 0 Å². The van der Waals surface area contributed by atoms with Crippen LogP contribution in [0.3, 0.4) is 0 Å². The molecule has 1 aromatic carbocycles. The third-order valence-corrected chi connectivity index (χ3v) is 4.75. The number of nitrogens with two attached hydrogens (primary N) is 2. The molecular weight excluding hydrogens is 361 g/mol. The molecule has 0 saturated carbocycles. The van der Waals surface area contributed by atoms with Crippen LogP contribution in [0.4, 0.5) is 0 Å². The Kier molecular flexibility index (Phi) is 6.51. The number of carbonyl (C=O) groups is 1. The first-order valence-corrected chi connectivity index (χ1v) is 8.82. The third-order valence-electron chi connectivity index (χ3n) is 3.92. The second-order valence-corrected chi connectivity index (χ2v) is 6.31. The SMILES string of the molecule is CCCC1=C(C(=O)OCC)C(c2cccc(Cl)c2Cl)/C(=C/N)C(N)=N1. The maximum absolute atomic E-state index is 12.7. The number of allylic oxidation sites excluding steroid dienone is 1. The zero-order valence-electron chi connectivity index (χ0n) is 14.2. The highest BCUT2D eigenvalue weighted by Gasteiger charge is 2.36. The molecule has 0 saturated heterocycles. The standard InChI is InChI=1S/C18H21Cl2N3O2/c1-3-6-13-15(18(24)25-4-2)14(11(9-21)17(22)23-13)10-7-5-8-12(19)16(10)20/h5,7-9,14H,3-4,6,21H2,1-2H3,(H2,22,23)/b11-9-. The normalized spacial score (nSPS) is 19.1. The van der Waals surface area contributed by atoms with Crippen molar-refractivity contribution in [3.63, 3.8) is 0 Å². The monoisotopic (exact) mass is 381 g/mol. The Labute approximate surface area is 157 Å².